The minimum atomic E-state index is -4.57. The summed E-state index contributed by atoms with van der Waals surface area (Å²) in [5.41, 5.74) is 2.82. The van der Waals surface area contributed by atoms with Gasteiger partial charge in [-0.2, -0.15) is 0 Å². The zero-order valence-corrected chi connectivity index (χ0v) is 18.9. The van der Waals surface area contributed by atoms with Gasteiger partial charge in [-0.1, -0.05) is 58.0 Å². The van der Waals surface area contributed by atoms with E-state index in [9.17, 15) is 18.1 Å². The Morgan fingerprint density at radius 3 is 1.82 bits per heavy atom. The first-order chi connectivity index (χ1) is 12.9. The third kappa shape index (κ3) is 8.22. The van der Waals surface area contributed by atoms with Gasteiger partial charge in [0.1, 0.15) is 18.3 Å². The van der Waals surface area contributed by atoms with Crippen molar-refractivity contribution in [1.29, 1.82) is 0 Å². The van der Waals surface area contributed by atoms with Crippen molar-refractivity contribution in [1.82, 2.24) is 0 Å². The fraction of sp³-hybridized carbons (Fsp3) is 0.429. The van der Waals surface area contributed by atoms with Crippen LogP contribution in [0.15, 0.2) is 47.4 Å². The molecule has 2 aromatic carbocycles. The van der Waals surface area contributed by atoms with Gasteiger partial charge in [0.05, 0.1) is 6.61 Å². The van der Waals surface area contributed by atoms with Crippen LogP contribution in [0.1, 0.15) is 56.2 Å². The van der Waals surface area contributed by atoms with E-state index in [2.05, 4.69) is 56.5 Å². The van der Waals surface area contributed by atoms with Crippen molar-refractivity contribution in [2.75, 3.05) is 12.5 Å². The quantitative estimate of drug-likeness (QED) is 0.416. The SMILES string of the molecule is CC(C)c1cc([S+](C)C)cc(C(C)C)c1O.O=S(=O)([O-])OCc1ccccc1. The monoisotopic (exact) mass is 426 g/mol. The second-order valence-corrected chi connectivity index (χ2v) is 10.4. The summed E-state index contributed by atoms with van der Waals surface area (Å²) >= 11 is 0. The largest absolute Gasteiger partial charge is 0.726 e. The molecule has 0 bridgehead atoms. The lowest BCUT2D eigenvalue weighted by atomic mass is 9.94. The van der Waals surface area contributed by atoms with Gasteiger partial charge in [-0.3, -0.25) is 4.18 Å². The predicted octanol–water partition coefficient (Wildman–Crippen LogP) is 4.54. The Morgan fingerprint density at radius 2 is 1.46 bits per heavy atom. The topological polar surface area (TPSA) is 86.7 Å². The number of phenolic OH excluding ortho intramolecular Hbond substituents is 1. The maximum absolute atomic E-state index is 10.2. The highest BCUT2D eigenvalue weighted by Crippen LogP contribution is 2.35. The van der Waals surface area contributed by atoms with E-state index in [1.165, 1.54) is 4.90 Å². The van der Waals surface area contributed by atoms with Crippen molar-refractivity contribution in [3.63, 3.8) is 0 Å². The lowest BCUT2D eigenvalue weighted by molar-refractivity contribution is 0.253. The third-order valence-corrected chi connectivity index (χ3v) is 5.66. The van der Waals surface area contributed by atoms with Crippen LogP contribution in [0.2, 0.25) is 0 Å². The molecule has 1 N–H and O–H groups in total. The summed E-state index contributed by atoms with van der Waals surface area (Å²) in [6.45, 7) is 8.32. The first-order valence-corrected chi connectivity index (χ1v) is 12.4. The van der Waals surface area contributed by atoms with Crippen LogP contribution in [-0.2, 0) is 32.1 Å². The molecule has 0 unspecified atom stereocenters. The molecule has 156 valence electrons. The van der Waals surface area contributed by atoms with Crippen molar-refractivity contribution >= 4 is 21.3 Å². The molecule has 0 heterocycles. The molecule has 0 saturated carbocycles. The Hall–Kier alpha value is -1.54. The van der Waals surface area contributed by atoms with Crippen LogP contribution in [0.3, 0.4) is 0 Å². The van der Waals surface area contributed by atoms with Crippen molar-refractivity contribution in [2.24, 2.45) is 0 Å². The lowest BCUT2D eigenvalue weighted by Crippen LogP contribution is -2.03. The molecule has 0 aliphatic heterocycles. The summed E-state index contributed by atoms with van der Waals surface area (Å²) in [5, 5.41) is 10.2. The molecule has 0 saturated heterocycles. The molecule has 0 radical (unpaired) electrons. The second kappa shape index (κ2) is 10.9. The van der Waals surface area contributed by atoms with Crippen LogP contribution in [0.5, 0.6) is 5.75 Å². The average molecular weight is 427 g/mol. The van der Waals surface area contributed by atoms with Crippen molar-refractivity contribution in [3.05, 3.63) is 59.2 Å². The molecule has 0 aliphatic rings. The number of phenols is 1. The minimum Gasteiger partial charge on any atom is -0.726 e. The van der Waals surface area contributed by atoms with Crippen molar-refractivity contribution in [2.45, 2.75) is 51.0 Å². The van der Waals surface area contributed by atoms with E-state index in [1.807, 2.05) is 0 Å². The van der Waals surface area contributed by atoms with Gasteiger partial charge in [0, 0.05) is 34.2 Å². The number of hydrogen-bond acceptors (Lipinski definition) is 5. The number of rotatable bonds is 6. The van der Waals surface area contributed by atoms with Crippen LogP contribution < -0.4 is 0 Å². The molecule has 28 heavy (non-hydrogen) atoms. The zero-order chi connectivity index (χ0) is 21.5. The first-order valence-electron chi connectivity index (χ1n) is 9.01. The molecule has 0 fully saturated rings. The Balaban J connectivity index is 0.000000292. The summed E-state index contributed by atoms with van der Waals surface area (Å²) in [5.74, 6) is 1.25. The minimum absolute atomic E-state index is 0.202. The maximum atomic E-state index is 10.2. The first kappa shape index (κ1) is 24.5. The molecule has 2 aromatic rings. The van der Waals surface area contributed by atoms with E-state index in [1.54, 1.807) is 30.3 Å². The molecule has 0 aromatic heterocycles. The second-order valence-electron chi connectivity index (χ2n) is 7.23. The third-order valence-electron chi connectivity index (χ3n) is 4.07. The number of benzene rings is 2. The Labute approximate surface area is 172 Å². The average Bonchev–Trinajstić information content (AvgIpc) is 2.60. The standard InChI is InChI=1S/C14H22OS.C7H8O4S/c1-9(2)12-7-11(16(5)6)8-13(10(3)4)14(12)15;8-12(9,10)11-6-7-4-2-1-3-5-7/h7-10H,1-6H3;1-5H,6H2,(H,8,9,10). The van der Waals surface area contributed by atoms with Gasteiger partial charge < -0.3 is 9.66 Å². The van der Waals surface area contributed by atoms with E-state index in [0.717, 1.165) is 11.1 Å². The van der Waals surface area contributed by atoms with Crippen LogP contribution in [0.25, 0.3) is 0 Å². The summed E-state index contributed by atoms with van der Waals surface area (Å²) < 4.78 is 34.1. The van der Waals surface area contributed by atoms with Crippen molar-refractivity contribution in [3.8, 4) is 5.75 Å². The Kier molecular flexibility index (Phi) is 9.50. The normalized spacial score (nSPS) is 11.6. The smallest absolute Gasteiger partial charge is 0.217 e. The van der Waals surface area contributed by atoms with E-state index in [0.29, 0.717) is 23.1 Å². The van der Waals surface area contributed by atoms with Crippen LogP contribution >= 0.6 is 0 Å². The van der Waals surface area contributed by atoms with Gasteiger partial charge in [-0.25, -0.2) is 8.42 Å². The summed E-state index contributed by atoms with van der Waals surface area (Å²) in [7, 11) is -4.32. The van der Waals surface area contributed by atoms with Crippen LogP contribution in [0.4, 0.5) is 0 Å². The van der Waals surface area contributed by atoms with Gasteiger partial charge in [0.2, 0.25) is 10.4 Å². The van der Waals surface area contributed by atoms with Gasteiger partial charge in [0.15, 0.2) is 4.90 Å². The fourth-order valence-corrected chi connectivity index (χ4v) is 3.49. The highest BCUT2D eigenvalue weighted by molar-refractivity contribution is 7.95. The van der Waals surface area contributed by atoms with Gasteiger partial charge >= 0.3 is 0 Å². The van der Waals surface area contributed by atoms with Gasteiger partial charge in [-0.05, 0) is 17.4 Å². The molecule has 2 rings (SSSR count). The molecule has 7 heteroatoms. The van der Waals surface area contributed by atoms with E-state index >= 15 is 0 Å². The van der Waals surface area contributed by atoms with E-state index in [-0.39, 0.29) is 17.5 Å². The van der Waals surface area contributed by atoms with Crippen LogP contribution in [0, 0.1) is 0 Å². The van der Waals surface area contributed by atoms with E-state index < -0.39 is 10.4 Å². The molecule has 0 aliphatic carbocycles. The summed E-state index contributed by atoms with van der Waals surface area (Å²) in [6, 6.07) is 12.9. The maximum Gasteiger partial charge on any atom is 0.217 e. The van der Waals surface area contributed by atoms with Crippen LogP contribution in [-0.4, -0.2) is 30.6 Å². The molecule has 0 spiro atoms. The number of aromatic hydroxyl groups is 1. The van der Waals surface area contributed by atoms with Crippen molar-refractivity contribution < 1.29 is 22.3 Å². The van der Waals surface area contributed by atoms with E-state index in [4.69, 9.17) is 0 Å². The zero-order valence-electron chi connectivity index (χ0n) is 17.3. The molecular weight excluding hydrogens is 396 g/mol. The molecular formula is C21H30O5S2. The van der Waals surface area contributed by atoms with Gasteiger partial charge in [-0.15, -0.1) is 0 Å². The lowest BCUT2D eigenvalue weighted by Gasteiger charge is -2.16. The highest BCUT2D eigenvalue weighted by Gasteiger charge is 2.19. The Morgan fingerprint density at radius 1 is 1.00 bits per heavy atom. The fourth-order valence-electron chi connectivity index (χ4n) is 2.48. The van der Waals surface area contributed by atoms with Gasteiger partial charge in [0.25, 0.3) is 0 Å². The Bertz CT molecular complexity index is 815. The highest BCUT2D eigenvalue weighted by atomic mass is 32.3. The molecule has 0 atom stereocenters. The number of hydrogen-bond donors (Lipinski definition) is 1. The molecule has 0 amide bonds. The summed E-state index contributed by atoms with van der Waals surface area (Å²) in [6.07, 6.45) is 4.45. The summed E-state index contributed by atoms with van der Waals surface area (Å²) in [4.78, 5) is 1.35. The predicted molar refractivity (Wildman–Crippen MR) is 115 cm³/mol. The molecule has 5 nitrogen and oxygen atoms in total.